The predicted octanol–water partition coefficient (Wildman–Crippen LogP) is 4.15. The number of esters is 1. The van der Waals surface area contributed by atoms with Gasteiger partial charge < -0.3 is 10.1 Å². The summed E-state index contributed by atoms with van der Waals surface area (Å²) < 4.78 is 5.25. The van der Waals surface area contributed by atoms with Gasteiger partial charge in [0.25, 0.3) is 17.7 Å². The molecule has 7 nitrogen and oxygen atoms in total. The van der Waals surface area contributed by atoms with Crippen LogP contribution >= 0.6 is 0 Å². The van der Waals surface area contributed by atoms with Gasteiger partial charge in [-0.2, -0.15) is 0 Å². The number of amides is 3. The van der Waals surface area contributed by atoms with Crippen molar-refractivity contribution in [2.45, 2.75) is 52.1 Å². The van der Waals surface area contributed by atoms with Gasteiger partial charge in [0, 0.05) is 18.7 Å². The molecule has 1 aliphatic rings. The summed E-state index contributed by atoms with van der Waals surface area (Å²) in [6.45, 7) is 5.80. The van der Waals surface area contributed by atoms with Gasteiger partial charge in [-0.3, -0.25) is 24.1 Å². The lowest BCUT2D eigenvalue weighted by Crippen LogP contribution is -2.32. The number of imide groups is 1. The second kappa shape index (κ2) is 10.2. The quantitative estimate of drug-likeness (QED) is 0.471. The number of carbonyl (C=O) groups is 4. The van der Waals surface area contributed by atoms with Crippen LogP contribution in [0.2, 0.25) is 0 Å². The first-order valence-corrected chi connectivity index (χ1v) is 10.9. The van der Waals surface area contributed by atoms with Gasteiger partial charge in [-0.25, -0.2) is 0 Å². The highest BCUT2D eigenvalue weighted by atomic mass is 16.5. The van der Waals surface area contributed by atoms with E-state index >= 15 is 0 Å². The van der Waals surface area contributed by atoms with Gasteiger partial charge in [-0.05, 0) is 49.4 Å². The Morgan fingerprint density at radius 1 is 0.969 bits per heavy atom. The molecule has 0 fully saturated rings. The van der Waals surface area contributed by atoms with E-state index < -0.39 is 18.0 Å². The molecular weight excluding hydrogens is 408 g/mol. The smallest absolute Gasteiger partial charge is 0.306 e. The lowest BCUT2D eigenvalue weighted by Gasteiger charge is -2.18. The van der Waals surface area contributed by atoms with Crippen molar-refractivity contribution < 1.29 is 23.9 Å². The first-order chi connectivity index (χ1) is 15.3. The van der Waals surface area contributed by atoms with E-state index in [0.29, 0.717) is 16.8 Å². The van der Waals surface area contributed by atoms with E-state index in [9.17, 15) is 19.2 Å². The number of fused-ring (bicyclic) bond motifs is 1. The Morgan fingerprint density at radius 2 is 1.56 bits per heavy atom. The van der Waals surface area contributed by atoms with Crippen LogP contribution in [-0.2, 0) is 14.3 Å². The maximum Gasteiger partial charge on any atom is 0.306 e. The second-order valence-corrected chi connectivity index (χ2v) is 7.93. The van der Waals surface area contributed by atoms with Gasteiger partial charge >= 0.3 is 5.97 Å². The maximum atomic E-state index is 12.5. The van der Waals surface area contributed by atoms with Crippen molar-refractivity contribution in [2.24, 2.45) is 0 Å². The van der Waals surface area contributed by atoms with Crippen LogP contribution in [0.4, 0.5) is 5.69 Å². The minimum absolute atomic E-state index is 0.00548. The first-order valence-electron chi connectivity index (χ1n) is 10.9. The summed E-state index contributed by atoms with van der Waals surface area (Å²) in [5.74, 6) is -1.39. The third-order valence-corrected chi connectivity index (χ3v) is 5.68. The summed E-state index contributed by atoms with van der Waals surface area (Å²) in [6.07, 6.45) is 0.223. The molecule has 0 aliphatic carbocycles. The zero-order valence-corrected chi connectivity index (χ0v) is 18.6. The fourth-order valence-electron chi connectivity index (χ4n) is 3.63. The summed E-state index contributed by atoms with van der Waals surface area (Å²) in [7, 11) is 0. The summed E-state index contributed by atoms with van der Waals surface area (Å²) in [5.41, 5.74) is 2.49. The Kier molecular flexibility index (Phi) is 7.41. The maximum absolute atomic E-state index is 12.5. The Balaban J connectivity index is 1.48. The third kappa shape index (κ3) is 5.04. The van der Waals surface area contributed by atoms with Gasteiger partial charge in [0.2, 0.25) is 0 Å². The van der Waals surface area contributed by atoms with Gasteiger partial charge in [-0.15, -0.1) is 0 Å². The molecule has 0 saturated carbocycles. The van der Waals surface area contributed by atoms with Crippen LogP contribution in [0.5, 0.6) is 0 Å². The molecule has 1 heterocycles. The van der Waals surface area contributed by atoms with Crippen LogP contribution in [0.25, 0.3) is 0 Å². The van der Waals surface area contributed by atoms with Crippen molar-refractivity contribution in [1.29, 1.82) is 0 Å². The third-order valence-electron chi connectivity index (χ3n) is 5.68. The standard InChI is InChI=1S/C25H28N2O5/c1-4-16(2)18-10-7-8-13-21(18)26-23(29)17(3)32-22(28)14-9-15-27-24(30)19-11-5-6-12-20(19)25(27)31/h5-8,10-13,16-17H,4,9,14-15H2,1-3H3,(H,26,29). The van der Waals surface area contributed by atoms with Crippen molar-refractivity contribution in [2.75, 3.05) is 11.9 Å². The molecule has 0 bridgehead atoms. The van der Waals surface area contributed by atoms with Crippen molar-refractivity contribution in [1.82, 2.24) is 4.90 Å². The highest BCUT2D eigenvalue weighted by Crippen LogP contribution is 2.27. The minimum atomic E-state index is -0.966. The molecule has 0 spiro atoms. The van der Waals surface area contributed by atoms with Crippen molar-refractivity contribution >= 4 is 29.4 Å². The molecule has 1 aliphatic heterocycles. The molecule has 168 valence electrons. The van der Waals surface area contributed by atoms with Crippen LogP contribution in [-0.4, -0.2) is 41.2 Å². The van der Waals surface area contributed by atoms with Crippen LogP contribution < -0.4 is 5.32 Å². The van der Waals surface area contributed by atoms with Crippen LogP contribution in [0.3, 0.4) is 0 Å². The van der Waals surface area contributed by atoms with Gasteiger partial charge in [0.1, 0.15) is 0 Å². The fourth-order valence-corrected chi connectivity index (χ4v) is 3.63. The Morgan fingerprint density at radius 3 is 2.19 bits per heavy atom. The van der Waals surface area contributed by atoms with Gasteiger partial charge in [-0.1, -0.05) is 44.2 Å². The number of anilines is 1. The summed E-state index contributed by atoms with van der Waals surface area (Å²) in [4.78, 5) is 50.6. The summed E-state index contributed by atoms with van der Waals surface area (Å²) >= 11 is 0. The number of nitrogens with zero attached hydrogens (tertiary/aromatic N) is 1. The molecule has 2 aromatic carbocycles. The molecule has 1 N–H and O–H groups in total. The fraction of sp³-hybridized carbons (Fsp3) is 0.360. The topological polar surface area (TPSA) is 92.8 Å². The molecule has 0 aromatic heterocycles. The molecular formula is C25H28N2O5. The van der Waals surface area contributed by atoms with Crippen LogP contribution in [0.1, 0.15) is 72.2 Å². The van der Waals surface area contributed by atoms with E-state index in [0.717, 1.165) is 16.9 Å². The number of carbonyl (C=O) groups excluding carboxylic acids is 4. The number of ether oxygens (including phenoxy) is 1. The summed E-state index contributed by atoms with van der Waals surface area (Å²) in [5, 5.41) is 2.84. The number of hydrogen-bond donors (Lipinski definition) is 1. The van der Waals surface area contributed by atoms with Crippen LogP contribution in [0, 0.1) is 0 Å². The predicted molar refractivity (Wildman–Crippen MR) is 120 cm³/mol. The molecule has 0 saturated heterocycles. The lowest BCUT2D eigenvalue weighted by molar-refractivity contribution is -0.153. The second-order valence-electron chi connectivity index (χ2n) is 7.93. The van der Waals surface area contributed by atoms with Gasteiger partial charge in [0.05, 0.1) is 11.1 Å². The monoisotopic (exact) mass is 436 g/mol. The molecule has 32 heavy (non-hydrogen) atoms. The van der Waals surface area contributed by atoms with Crippen molar-refractivity contribution in [3.05, 3.63) is 65.2 Å². The number of nitrogens with one attached hydrogen (secondary N) is 1. The lowest BCUT2D eigenvalue weighted by atomic mass is 9.97. The minimum Gasteiger partial charge on any atom is -0.453 e. The Labute approximate surface area is 187 Å². The van der Waals surface area contributed by atoms with E-state index in [2.05, 4.69) is 19.2 Å². The molecule has 7 heteroatoms. The Hall–Kier alpha value is -3.48. The van der Waals surface area contributed by atoms with Crippen LogP contribution in [0.15, 0.2) is 48.5 Å². The number of benzene rings is 2. The van der Waals surface area contributed by atoms with Gasteiger partial charge in [0.15, 0.2) is 6.10 Å². The van der Waals surface area contributed by atoms with E-state index in [1.54, 1.807) is 24.3 Å². The van der Waals surface area contributed by atoms with E-state index in [-0.39, 0.29) is 37.1 Å². The summed E-state index contributed by atoms with van der Waals surface area (Å²) in [6, 6.07) is 14.2. The SMILES string of the molecule is CCC(C)c1ccccc1NC(=O)C(C)OC(=O)CCCN1C(=O)c2ccccc2C1=O. The molecule has 0 radical (unpaired) electrons. The highest BCUT2D eigenvalue weighted by Gasteiger charge is 2.34. The van der Waals surface area contributed by atoms with Crippen molar-refractivity contribution in [3.63, 3.8) is 0 Å². The number of para-hydroxylation sites is 1. The number of rotatable bonds is 9. The largest absolute Gasteiger partial charge is 0.453 e. The molecule has 3 rings (SSSR count). The highest BCUT2D eigenvalue weighted by molar-refractivity contribution is 6.21. The van der Waals surface area contributed by atoms with E-state index in [1.165, 1.54) is 6.92 Å². The Bertz CT molecular complexity index is 997. The molecule has 2 aromatic rings. The normalized spacial score (nSPS) is 14.7. The molecule has 2 unspecified atom stereocenters. The average molecular weight is 437 g/mol. The molecule has 3 amide bonds. The average Bonchev–Trinajstić information content (AvgIpc) is 3.04. The van der Waals surface area contributed by atoms with E-state index in [1.807, 2.05) is 24.3 Å². The zero-order chi connectivity index (χ0) is 23.3. The van der Waals surface area contributed by atoms with Crippen molar-refractivity contribution in [3.8, 4) is 0 Å². The number of hydrogen-bond acceptors (Lipinski definition) is 5. The molecule has 2 atom stereocenters. The zero-order valence-electron chi connectivity index (χ0n) is 18.6. The first kappa shape index (κ1) is 23.2. The van der Waals surface area contributed by atoms with E-state index in [4.69, 9.17) is 4.74 Å².